The number of rotatable bonds is 3. The van der Waals surface area contributed by atoms with E-state index >= 15 is 0 Å². The highest BCUT2D eigenvalue weighted by atomic mass is 32.1. The van der Waals surface area contributed by atoms with Crippen molar-refractivity contribution >= 4 is 29.3 Å². The van der Waals surface area contributed by atoms with Crippen LogP contribution < -0.4 is 0 Å². The molecule has 0 atom stereocenters. The van der Waals surface area contributed by atoms with Crippen LogP contribution in [0.1, 0.15) is 12.6 Å². The van der Waals surface area contributed by atoms with Gasteiger partial charge in [0, 0.05) is 21.1 Å². The van der Waals surface area contributed by atoms with Gasteiger partial charge in [0.1, 0.15) is 12.1 Å². The fourth-order valence-corrected chi connectivity index (χ4v) is 2.20. The molecule has 0 unspecified atom stereocenters. The second-order valence-electron chi connectivity index (χ2n) is 4.43. The molecule has 0 aliphatic heterocycles. The molecule has 7 heteroatoms. The van der Waals surface area contributed by atoms with Crippen LogP contribution in [0.3, 0.4) is 0 Å². The number of imidazole rings is 1. The highest BCUT2D eigenvalue weighted by Gasteiger charge is 2.16. The van der Waals surface area contributed by atoms with E-state index in [4.69, 9.17) is 12.2 Å². The van der Waals surface area contributed by atoms with Crippen LogP contribution in [0, 0.1) is 4.77 Å². The quantitative estimate of drug-likeness (QED) is 0.847. The first-order chi connectivity index (χ1) is 8.45. The summed E-state index contributed by atoms with van der Waals surface area (Å²) in [6.07, 6.45) is 0.828. The lowest BCUT2D eigenvalue weighted by Crippen LogP contribution is -2.26. The number of likely N-dealkylation sites (N-methyl/N-ethyl adjacent to an activating group) is 1. The number of H-pyrrole nitrogens is 1. The standard InChI is InChI=1S/C11H17N5OS/c1-5-7-9-10(15(4)13-7)16(11(18)12-9)6-8(17)14(2)3/h5-6H2,1-4H3,(H,12,18). The number of amides is 1. The molecule has 0 bridgehead atoms. The fourth-order valence-electron chi connectivity index (χ4n) is 1.95. The topological polar surface area (TPSA) is 58.9 Å². The zero-order valence-corrected chi connectivity index (χ0v) is 11.8. The Bertz CT molecular complexity index is 648. The number of nitrogens with one attached hydrogen (secondary N) is 1. The van der Waals surface area contributed by atoms with Crippen molar-refractivity contribution in [3.63, 3.8) is 0 Å². The second-order valence-corrected chi connectivity index (χ2v) is 4.81. The van der Waals surface area contributed by atoms with Crippen molar-refractivity contribution in [2.24, 2.45) is 7.05 Å². The van der Waals surface area contributed by atoms with Gasteiger partial charge in [0.15, 0.2) is 10.4 Å². The summed E-state index contributed by atoms with van der Waals surface area (Å²) in [7, 11) is 5.33. The molecule has 1 amide bonds. The third-order valence-electron chi connectivity index (χ3n) is 2.95. The van der Waals surface area contributed by atoms with Crippen LogP contribution in [0.25, 0.3) is 11.2 Å². The zero-order valence-electron chi connectivity index (χ0n) is 11.0. The van der Waals surface area contributed by atoms with Crippen molar-refractivity contribution in [3.8, 4) is 0 Å². The van der Waals surface area contributed by atoms with E-state index in [0.29, 0.717) is 4.77 Å². The van der Waals surface area contributed by atoms with Crippen molar-refractivity contribution in [2.75, 3.05) is 14.1 Å². The predicted octanol–water partition coefficient (Wildman–Crippen LogP) is 1.08. The highest BCUT2D eigenvalue weighted by Crippen LogP contribution is 2.18. The molecule has 0 saturated heterocycles. The minimum absolute atomic E-state index is 0.00579. The number of carbonyl (C=O) groups excluding carboxylic acids is 1. The Morgan fingerprint density at radius 1 is 1.50 bits per heavy atom. The number of nitrogens with zero attached hydrogens (tertiary/aromatic N) is 4. The van der Waals surface area contributed by atoms with E-state index in [1.807, 2.05) is 14.0 Å². The Morgan fingerprint density at radius 2 is 2.17 bits per heavy atom. The fraction of sp³-hybridized carbons (Fsp3) is 0.545. The van der Waals surface area contributed by atoms with E-state index in [-0.39, 0.29) is 12.5 Å². The molecule has 0 aliphatic carbocycles. The lowest BCUT2D eigenvalue weighted by Gasteiger charge is -2.11. The Morgan fingerprint density at radius 3 is 2.72 bits per heavy atom. The average Bonchev–Trinajstić information content (AvgIpc) is 2.78. The van der Waals surface area contributed by atoms with Gasteiger partial charge in [-0.25, -0.2) is 0 Å². The first kappa shape index (κ1) is 12.8. The molecule has 18 heavy (non-hydrogen) atoms. The normalized spacial score (nSPS) is 11.1. The van der Waals surface area contributed by atoms with E-state index in [2.05, 4.69) is 10.1 Å². The first-order valence-electron chi connectivity index (χ1n) is 5.80. The number of aromatic nitrogens is 4. The molecular weight excluding hydrogens is 250 g/mol. The average molecular weight is 267 g/mol. The summed E-state index contributed by atoms with van der Waals surface area (Å²) in [6, 6.07) is 0. The minimum atomic E-state index is 0.00579. The molecule has 0 aliphatic rings. The van der Waals surface area contributed by atoms with Crippen molar-refractivity contribution in [1.29, 1.82) is 0 Å². The van der Waals surface area contributed by atoms with Crippen molar-refractivity contribution < 1.29 is 4.79 Å². The van der Waals surface area contributed by atoms with E-state index in [1.165, 1.54) is 0 Å². The van der Waals surface area contributed by atoms with Crippen molar-refractivity contribution in [1.82, 2.24) is 24.2 Å². The summed E-state index contributed by atoms with van der Waals surface area (Å²) >= 11 is 5.27. The maximum atomic E-state index is 11.8. The molecule has 2 heterocycles. The van der Waals surface area contributed by atoms with E-state index < -0.39 is 0 Å². The van der Waals surface area contributed by atoms with Crippen LogP contribution in [0.2, 0.25) is 0 Å². The maximum Gasteiger partial charge on any atom is 0.242 e. The molecule has 2 rings (SSSR count). The molecule has 98 valence electrons. The van der Waals surface area contributed by atoms with Gasteiger partial charge in [0.05, 0.1) is 5.69 Å². The molecule has 0 aromatic carbocycles. The number of hydrogen-bond acceptors (Lipinski definition) is 3. The molecule has 0 radical (unpaired) electrons. The van der Waals surface area contributed by atoms with Gasteiger partial charge >= 0.3 is 0 Å². The summed E-state index contributed by atoms with van der Waals surface area (Å²) in [5, 5.41) is 4.42. The summed E-state index contributed by atoms with van der Waals surface area (Å²) in [5.41, 5.74) is 2.76. The van der Waals surface area contributed by atoms with Crippen LogP contribution in [-0.2, 0) is 24.8 Å². The van der Waals surface area contributed by atoms with Gasteiger partial charge in [-0.3, -0.25) is 14.0 Å². The van der Waals surface area contributed by atoms with Crippen LogP contribution in [0.15, 0.2) is 0 Å². The Hall–Kier alpha value is -1.63. The third-order valence-corrected chi connectivity index (χ3v) is 3.27. The molecule has 6 nitrogen and oxygen atoms in total. The van der Waals surface area contributed by atoms with Gasteiger partial charge in [-0.15, -0.1) is 0 Å². The number of hydrogen-bond donors (Lipinski definition) is 1. The number of carbonyl (C=O) groups is 1. The minimum Gasteiger partial charge on any atom is -0.347 e. The van der Waals surface area contributed by atoms with Gasteiger partial charge in [-0.1, -0.05) is 6.92 Å². The van der Waals surface area contributed by atoms with Crippen molar-refractivity contribution in [3.05, 3.63) is 10.5 Å². The highest BCUT2D eigenvalue weighted by molar-refractivity contribution is 7.71. The summed E-state index contributed by atoms with van der Waals surface area (Å²) in [6.45, 7) is 2.27. The maximum absolute atomic E-state index is 11.8. The predicted molar refractivity (Wildman–Crippen MR) is 72.0 cm³/mol. The second kappa shape index (κ2) is 4.56. The summed E-state index contributed by atoms with van der Waals surface area (Å²) < 4.78 is 4.12. The Kier molecular flexibility index (Phi) is 3.25. The van der Waals surface area contributed by atoms with Gasteiger partial charge in [-0.05, 0) is 18.6 Å². The summed E-state index contributed by atoms with van der Waals surface area (Å²) in [5.74, 6) is 0.00579. The number of aromatic amines is 1. The van der Waals surface area contributed by atoms with Crippen LogP contribution in [0.4, 0.5) is 0 Å². The molecule has 0 fully saturated rings. The van der Waals surface area contributed by atoms with E-state index in [9.17, 15) is 4.79 Å². The molecule has 1 N–H and O–H groups in total. The smallest absolute Gasteiger partial charge is 0.242 e. The lowest BCUT2D eigenvalue weighted by atomic mass is 10.3. The lowest BCUT2D eigenvalue weighted by molar-refractivity contribution is -0.129. The van der Waals surface area contributed by atoms with Crippen LogP contribution in [-0.4, -0.2) is 44.2 Å². The van der Waals surface area contributed by atoms with E-state index in [1.54, 1.807) is 28.2 Å². The number of fused-ring (bicyclic) bond motifs is 1. The Balaban J connectivity index is 2.57. The molecule has 2 aromatic heterocycles. The molecular formula is C11H17N5OS. The third kappa shape index (κ3) is 1.94. The number of aryl methyl sites for hydroxylation is 2. The van der Waals surface area contributed by atoms with Crippen LogP contribution >= 0.6 is 12.2 Å². The molecule has 0 saturated carbocycles. The SMILES string of the molecule is CCc1nn(C)c2c1[nH]c(=S)n2CC(=O)N(C)C. The van der Waals surface area contributed by atoms with Crippen molar-refractivity contribution in [2.45, 2.75) is 19.9 Å². The Labute approximate surface area is 110 Å². The first-order valence-corrected chi connectivity index (χ1v) is 6.21. The monoisotopic (exact) mass is 267 g/mol. The van der Waals surface area contributed by atoms with Gasteiger partial charge < -0.3 is 9.88 Å². The van der Waals surface area contributed by atoms with Gasteiger partial charge in [0.2, 0.25) is 5.91 Å². The molecule has 2 aromatic rings. The van der Waals surface area contributed by atoms with Crippen LogP contribution in [0.5, 0.6) is 0 Å². The molecule has 0 spiro atoms. The van der Waals surface area contributed by atoms with Gasteiger partial charge in [0.25, 0.3) is 0 Å². The summed E-state index contributed by atoms with van der Waals surface area (Å²) in [4.78, 5) is 16.5. The van der Waals surface area contributed by atoms with Gasteiger partial charge in [-0.2, -0.15) is 5.10 Å². The zero-order chi connectivity index (χ0) is 13.4. The largest absolute Gasteiger partial charge is 0.347 e. The van der Waals surface area contributed by atoms with E-state index in [0.717, 1.165) is 23.3 Å².